The lowest BCUT2D eigenvalue weighted by atomic mass is 10.2. The summed E-state index contributed by atoms with van der Waals surface area (Å²) in [7, 11) is -3.72. The van der Waals surface area contributed by atoms with E-state index in [4.69, 9.17) is 4.74 Å². The summed E-state index contributed by atoms with van der Waals surface area (Å²) in [6.07, 6.45) is 0. The average molecular weight is 369 g/mol. The second-order valence-electron chi connectivity index (χ2n) is 5.51. The lowest BCUT2D eigenvalue weighted by Crippen LogP contribution is -2.07. The van der Waals surface area contributed by atoms with Crippen molar-refractivity contribution in [3.05, 3.63) is 94.5 Å². The van der Waals surface area contributed by atoms with Crippen LogP contribution < -0.4 is 4.74 Å². The molecule has 26 heavy (non-hydrogen) atoms. The number of benzene rings is 3. The lowest BCUT2D eigenvalue weighted by molar-refractivity contribution is -0.386. The van der Waals surface area contributed by atoms with E-state index in [-0.39, 0.29) is 21.9 Å². The van der Waals surface area contributed by atoms with E-state index >= 15 is 0 Å². The van der Waals surface area contributed by atoms with Crippen LogP contribution in [0.2, 0.25) is 0 Å². The minimum absolute atomic E-state index is 0.00182. The summed E-state index contributed by atoms with van der Waals surface area (Å²) in [6, 6.07) is 20.9. The van der Waals surface area contributed by atoms with E-state index in [2.05, 4.69) is 0 Å². The number of hydrogen-bond acceptors (Lipinski definition) is 5. The number of rotatable bonds is 6. The van der Waals surface area contributed by atoms with Crippen molar-refractivity contribution in [3.8, 4) is 11.5 Å². The topological polar surface area (TPSA) is 86.5 Å². The molecule has 0 aliphatic rings. The van der Waals surface area contributed by atoms with Gasteiger partial charge in [0.25, 0.3) is 0 Å². The summed E-state index contributed by atoms with van der Waals surface area (Å²) in [4.78, 5) is 11.1. The molecule has 0 atom stereocenters. The highest BCUT2D eigenvalue weighted by Gasteiger charge is 2.26. The molecule has 0 radical (unpaired) electrons. The second kappa shape index (κ2) is 7.37. The first kappa shape index (κ1) is 17.6. The fourth-order valence-corrected chi connectivity index (χ4v) is 3.89. The summed E-state index contributed by atoms with van der Waals surface area (Å²) in [5.74, 6) is -0.0557. The van der Waals surface area contributed by atoms with Gasteiger partial charge in [0.05, 0.1) is 15.6 Å². The molecule has 0 heterocycles. The number of para-hydroxylation sites is 2. The fraction of sp³-hybridized carbons (Fsp3) is 0.0526. The van der Waals surface area contributed by atoms with Crippen LogP contribution in [0.3, 0.4) is 0 Å². The maximum absolute atomic E-state index is 12.6. The van der Waals surface area contributed by atoms with E-state index in [0.717, 1.165) is 0 Å². The molecule has 0 saturated heterocycles. The zero-order valence-electron chi connectivity index (χ0n) is 13.6. The van der Waals surface area contributed by atoms with Gasteiger partial charge < -0.3 is 4.74 Å². The molecular weight excluding hydrogens is 354 g/mol. The average Bonchev–Trinajstić information content (AvgIpc) is 2.63. The molecule has 0 unspecified atom stereocenters. The Morgan fingerprint density at radius 2 is 1.46 bits per heavy atom. The first-order valence-electron chi connectivity index (χ1n) is 7.74. The van der Waals surface area contributed by atoms with Crippen LogP contribution in [0.4, 0.5) is 5.69 Å². The molecule has 0 spiro atoms. The molecule has 0 N–H and O–H groups in total. The van der Waals surface area contributed by atoms with Crippen molar-refractivity contribution in [2.24, 2.45) is 0 Å². The number of sulfone groups is 1. The quantitative estimate of drug-likeness (QED) is 0.476. The Balaban J connectivity index is 2.00. The SMILES string of the molecule is O=[N+]([O-])c1c(CS(=O)(=O)c2ccccc2)cccc1Oc1ccccc1. The molecule has 3 aromatic rings. The molecule has 0 aliphatic carbocycles. The smallest absolute Gasteiger partial charge is 0.315 e. The Bertz CT molecular complexity index is 1020. The molecule has 7 heteroatoms. The van der Waals surface area contributed by atoms with E-state index in [0.29, 0.717) is 5.75 Å². The highest BCUT2D eigenvalue weighted by atomic mass is 32.2. The number of nitrogens with zero attached hydrogens (tertiary/aromatic N) is 1. The maximum atomic E-state index is 12.6. The summed E-state index contributed by atoms with van der Waals surface area (Å²) >= 11 is 0. The van der Waals surface area contributed by atoms with E-state index in [9.17, 15) is 18.5 Å². The van der Waals surface area contributed by atoms with Crippen LogP contribution in [0, 0.1) is 10.1 Å². The Kier molecular flexibility index (Phi) is 4.99. The van der Waals surface area contributed by atoms with Crippen molar-refractivity contribution in [3.63, 3.8) is 0 Å². The van der Waals surface area contributed by atoms with Gasteiger partial charge in [-0.25, -0.2) is 8.42 Å². The minimum atomic E-state index is -3.72. The Hall–Kier alpha value is -3.19. The van der Waals surface area contributed by atoms with Crippen LogP contribution in [0.25, 0.3) is 0 Å². The van der Waals surface area contributed by atoms with Crippen LogP contribution in [-0.2, 0) is 15.6 Å². The maximum Gasteiger partial charge on any atom is 0.315 e. The molecule has 132 valence electrons. The predicted molar refractivity (Wildman–Crippen MR) is 96.9 cm³/mol. The van der Waals surface area contributed by atoms with E-state index in [1.807, 2.05) is 0 Å². The first-order chi connectivity index (χ1) is 12.5. The molecule has 0 fully saturated rings. The number of hydrogen-bond donors (Lipinski definition) is 0. The zero-order valence-corrected chi connectivity index (χ0v) is 14.4. The molecule has 0 bridgehead atoms. The van der Waals surface area contributed by atoms with Gasteiger partial charge in [-0.15, -0.1) is 0 Å². The fourth-order valence-electron chi connectivity index (χ4n) is 2.51. The first-order valence-corrected chi connectivity index (χ1v) is 9.39. The van der Waals surface area contributed by atoms with E-state index < -0.39 is 20.5 Å². The van der Waals surface area contributed by atoms with Crippen LogP contribution in [-0.4, -0.2) is 13.3 Å². The van der Waals surface area contributed by atoms with E-state index in [1.54, 1.807) is 54.6 Å². The summed E-state index contributed by atoms with van der Waals surface area (Å²) < 4.78 is 30.8. The Morgan fingerprint density at radius 1 is 0.846 bits per heavy atom. The molecule has 0 aromatic heterocycles. The molecule has 6 nitrogen and oxygen atoms in total. The predicted octanol–water partition coefficient (Wildman–Crippen LogP) is 4.36. The third-order valence-electron chi connectivity index (χ3n) is 3.68. The minimum Gasteiger partial charge on any atom is -0.450 e. The van der Waals surface area contributed by atoms with Gasteiger partial charge in [-0.1, -0.05) is 48.5 Å². The Labute approximate surface area is 150 Å². The van der Waals surface area contributed by atoms with Crippen molar-refractivity contribution in [2.75, 3.05) is 0 Å². The summed E-state index contributed by atoms with van der Waals surface area (Å²) in [6.45, 7) is 0. The van der Waals surface area contributed by atoms with Gasteiger partial charge in [-0.2, -0.15) is 0 Å². The largest absolute Gasteiger partial charge is 0.450 e. The number of nitro groups is 1. The van der Waals surface area contributed by atoms with Crippen molar-refractivity contribution >= 4 is 15.5 Å². The van der Waals surface area contributed by atoms with Crippen molar-refractivity contribution in [1.29, 1.82) is 0 Å². The van der Waals surface area contributed by atoms with Gasteiger partial charge in [0.2, 0.25) is 5.75 Å². The van der Waals surface area contributed by atoms with Crippen LogP contribution in [0.15, 0.2) is 83.8 Å². The summed E-state index contributed by atoms with van der Waals surface area (Å²) in [5, 5.41) is 11.6. The highest BCUT2D eigenvalue weighted by Crippen LogP contribution is 2.35. The van der Waals surface area contributed by atoms with Gasteiger partial charge >= 0.3 is 5.69 Å². The Morgan fingerprint density at radius 3 is 2.08 bits per heavy atom. The van der Waals surface area contributed by atoms with Crippen molar-refractivity contribution in [1.82, 2.24) is 0 Å². The van der Waals surface area contributed by atoms with Gasteiger partial charge in [0.1, 0.15) is 5.75 Å². The lowest BCUT2D eigenvalue weighted by Gasteiger charge is -2.10. The van der Waals surface area contributed by atoms with Crippen LogP contribution >= 0.6 is 0 Å². The third kappa shape index (κ3) is 3.89. The van der Waals surface area contributed by atoms with Gasteiger partial charge in [-0.05, 0) is 30.3 Å². The second-order valence-corrected chi connectivity index (χ2v) is 7.50. The van der Waals surface area contributed by atoms with Gasteiger partial charge in [0, 0.05) is 5.56 Å². The van der Waals surface area contributed by atoms with Gasteiger partial charge in [-0.3, -0.25) is 10.1 Å². The summed E-state index contributed by atoms with van der Waals surface area (Å²) in [5.41, 5.74) is -0.275. The standard InChI is InChI=1S/C19H15NO5S/c21-20(22)19-15(14-26(23,24)17-11-5-2-6-12-17)8-7-13-18(19)25-16-9-3-1-4-10-16/h1-13H,14H2. The highest BCUT2D eigenvalue weighted by molar-refractivity contribution is 7.90. The number of ether oxygens (including phenoxy) is 1. The van der Waals surface area contributed by atoms with Crippen LogP contribution in [0.5, 0.6) is 11.5 Å². The molecule has 0 aliphatic heterocycles. The van der Waals surface area contributed by atoms with Gasteiger partial charge in [0.15, 0.2) is 9.84 Å². The molecule has 3 rings (SSSR count). The third-order valence-corrected chi connectivity index (χ3v) is 5.37. The monoisotopic (exact) mass is 369 g/mol. The molecule has 0 saturated carbocycles. The van der Waals surface area contributed by atoms with Crippen molar-refractivity contribution < 1.29 is 18.1 Å². The molecular formula is C19H15NO5S. The normalized spacial score (nSPS) is 11.1. The molecule has 3 aromatic carbocycles. The van der Waals surface area contributed by atoms with E-state index in [1.165, 1.54) is 24.3 Å². The number of nitro benzene ring substituents is 1. The zero-order chi connectivity index (χ0) is 18.6. The van der Waals surface area contributed by atoms with Crippen LogP contribution in [0.1, 0.15) is 5.56 Å². The molecule has 0 amide bonds. The van der Waals surface area contributed by atoms with Crippen molar-refractivity contribution in [2.45, 2.75) is 10.6 Å².